The van der Waals surface area contributed by atoms with E-state index < -0.39 is 0 Å². The van der Waals surface area contributed by atoms with Gasteiger partial charge in [-0.2, -0.15) is 0 Å². The molecule has 1 aliphatic rings. The van der Waals surface area contributed by atoms with Crippen molar-refractivity contribution in [2.75, 3.05) is 13.2 Å². The first-order chi connectivity index (χ1) is 5.77. The Morgan fingerprint density at radius 2 is 2.42 bits per heavy atom. The quantitative estimate of drug-likeness (QED) is 0.616. The van der Waals surface area contributed by atoms with Crippen LogP contribution in [0.5, 0.6) is 0 Å². The van der Waals surface area contributed by atoms with Crippen LogP contribution in [0.2, 0.25) is 6.82 Å². The minimum absolute atomic E-state index is 0.102. The van der Waals surface area contributed by atoms with Crippen LogP contribution in [-0.4, -0.2) is 43.8 Å². The summed E-state index contributed by atoms with van der Waals surface area (Å²) >= 11 is 0. The summed E-state index contributed by atoms with van der Waals surface area (Å²) in [5, 5.41) is 9.49. The number of aliphatic hydroxyl groups excluding tert-OH is 1. The molecule has 4 heteroatoms. The van der Waals surface area contributed by atoms with Crippen molar-refractivity contribution in [2.24, 2.45) is 0 Å². The molecule has 0 spiro atoms. The summed E-state index contributed by atoms with van der Waals surface area (Å²) in [6.45, 7) is 5.06. The second kappa shape index (κ2) is 4.85. The smallest absolute Gasteiger partial charge is 0.146 e. The molecule has 0 saturated carbocycles. The largest absolute Gasteiger partial charge is 0.390 e. The molecule has 0 aromatic heterocycles. The normalized spacial score (nSPS) is 35.4. The van der Waals surface area contributed by atoms with Crippen molar-refractivity contribution in [3.63, 3.8) is 0 Å². The van der Waals surface area contributed by atoms with E-state index in [1.54, 1.807) is 0 Å². The van der Waals surface area contributed by atoms with Crippen LogP contribution in [0.1, 0.15) is 13.3 Å². The van der Waals surface area contributed by atoms with Gasteiger partial charge in [-0.25, -0.2) is 0 Å². The third-order valence-corrected chi connectivity index (χ3v) is 2.11. The molecule has 0 aromatic carbocycles. The molecular formula is C8H16BO3. The zero-order valence-electron chi connectivity index (χ0n) is 7.69. The topological polar surface area (TPSA) is 38.7 Å². The van der Waals surface area contributed by atoms with Crippen LogP contribution in [0.25, 0.3) is 0 Å². The van der Waals surface area contributed by atoms with Crippen LogP contribution >= 0.6 is 0 Å². The van der Waals surface area contributed by atoms with Gasteiger partial charge < -0.3 is 14.6 Å². The molecule has 1 unspecified atom stereocenters. The lowest BCUT2D eigenvalue weighted by atomic mass is 9.73. The average Bonchev–Trinajstić information content (AvgIpc) is 2.43. The number of hydrogen-bond donors (Lipinski definition) is 1. The van der Waals surface area contributed by atoms with Crippen LogP contribution in [0.4, 0.5) is 0 Å². The summed E-state index contributed by atoms with van der Waals surface area (Å²) in [4.78, 5) is 0. The molecule has 1 radical (unpaired) electrons. The Balaban J connectivity index is 2.25. The Hall–Kier alpha value is -0.0551. The van der Waals surface area contributed by atoms with Gasteiger partial charge in [0, 0.05) is 12.6 Å². The number of hydrogen-bond acceptors (Lipinski definition) is 3. The summed E-state index contributed by atoms with van der Waals surface area (Å²) in [5.41, 5.74) is 0. The molecule has 1 fully saturated rings. The maximum absolute atomic E-state index is 9.49. The fourth-order valence-electron chi connectivity index (χ4n) is 1.36. The number of rotatable bonds is 4. The molecule has 0 aliphatic carbocycles. The van der Waals surface area contributed by atoms with E-state index in [1.165, 1.54) is 0 Å². The Bertz CT molecular complexity index is 131. The Morgan fingerprint density at radius 3 is 2.92 bits per heavy atom. The lowest BCUT2D eigenvalue weighted by Gasteiger charge is -2.13. The van der Waals surface area contributed by atoms with Crippen molar-refractivity contribution >= 4 is 7.28 Å². The first kappa shape index (κ1) is 10.0. The van der Waals surface area contributed by atoms with Gasteiger partial charge in [-0.3, -0.25) is 0 Å². The maximum atomic E-state index is 9.49. The number of ether oxygens (including phenoxy) is 2. The lowest BCUT2D eigenvalue weighted by molar-refractivity contribution is -0.0281. The minimum Gasteiger partial charge on any atom is -0.390 e. The van der Waals surface area contributed by atoms with Crippen molar-refractivity contribution in [1.29, 1.82) is 0 Å². The van der Waals surface area contributed by atoms with Crippen LogP contribution in [0, 0.1) is 0 Å². The van der Waals surface area contributed by atoms with E-state index in [0.29, 0.717) is 19.6 Å². The first-order valence-electron chi connectivity index (χ1n) is 4.48. The maximum Gasteiger partial charge on any atom is 0.146 e. The summed E-state index contributed by atoms with van der Waals surface area (Å²) < 4.78 is 10.7. The summed E-state index contributed by atoms with van der Waals surface area (Å²) in [6, 6.07) is 0.102. The van der Waals surface area contributed by atoms with E-state index in [1.807, 2.05) is 21.0 Å². The molecule has 1 rings (SSSR count). The molecule has 3 nitrogen and oxygen atoms in total. The van der Waals surface area contributed by atoms with Gasteiger partial charge in [-0.15, -0.1) is 0 Å². The molecule has 1 heterocycles. The number of aliphatic hydroxyl groups is 1. The lowest BCUT2D eigenvalue weighted by Crippen LogP contribution is -2.26. The third-order valence-electron chi connectivity index (χ3n) is 2.11. The van der Waals surface area contributed by atoms with E-state index >= 15 is 0 Å². The molecule has 69 valence electrons. The van der Waals surface area contributed by atoms with Gasteiger partial charge in [-0.1, -0.05) is 6.82 Å². The Labute approximate surface area is 74.3 Å². The highest BCUT2D eigenvalue weighted by Crippen LogP contribution is 2.19. The molecule has 1 N–H and O–H groups in total. The highest BCUT2D eigenvalue weighted by atomic mass is 16.6. The predicted octanol–water partition coefficient (Wildman–Crippen LogP) is 0.251. The monoisotopic (exact) mass is 171 g/mol. The van der Waals surface area contributed by atoms with Crippen LogP contribution in [0.3, 0.4) is 0 Å². The van der Waals surface area contributed by atoms with Gasteiger partial charge in [0.25, 0.3) is 0 Å². The van der Waals surface area contributed by atoms with Crippen LogP contribution < -0.4 is 0 Å². The summed E-state index contributed by atoms with van der Waals surface area (Å²) in [6.07, 6.45) is 0.206. The Kier molecular flexibility index (Phi) is 4.05. The van der Waals surface area contributed by atoms with Gasteiger partial charge in [0.2, 0.25) is 0 Å². The molecule has 0 amide bonds. The van der Waals surface area contributed by atoms with Gasteiger partial charge in [-0.05, 0) is 13.3 Å². The minimum atomic E-state index is -0.363. The van der Waals surface area contributed by atoms with Crippen molar-refractivity contribution in [2.45, 2.75) is 38.4 Å². The van der Waals surface area contributed by atoms with E-state index in [4.69, 9.17) is 9.47 Å². The molecule has 0 bridgehead atoms. The molecule has 1 saturated heterocycles. The zero-order chi connectivity index (χ0) is 8.97. The summed E-state index contributed by atoms with van der Waals surface area (Å²) in [5.74, 6) is 0. The third kappa shape index (κ3) is 2.47. The van der Waals surface area contributed by atoms with Crippen molar-refractivity contribution in [1.82, 2.24) is 0 Å². The predicted molar refractivity (Wildman–Crippen MR) is 47.4 cm³/mol. The zero-order valence-corrected chi connectivity index (χ0v) is 7.69. The highest BCUT2D eigenvalue weighted by Gasteiger charge is 2.32. The second-order valence-corrected chi connectivity index (χ2v) is 3.01. The van der Waals surface area contributed by atoms with E-state index in [0.717, 1.165) is 0 Å². The van der Waals surface area contributed by atoms with Gasteiger partial charge in [0.1, 0.15) is 13.4 Å². The van der Waals surface area contributed by atoms with Crippen molar-refractivity contribution in [3.05, 3.63) is 0 Å². The van der Waals surface area contributed by atoms with E-state index in [2.05, 4.69) is 0 Å². The van der Waals surface area contributed by atoms with Gasteiger partial charge in [0.15, 0.2) is 0 Å². The summed E-state index contributed by atoms with van der Waals surface area (Å²) in [7, 11) is 1.97. The second-order valence-electron chi connectivity index (χ2n) is 3.01. The fourth-order valence-corrected chi connectivity index (χ4v) is 1.36. The molecular weight excluding hydrogens is 155 g/mol. The SMILES string of the molecule is C[B][C@H]1CC(O)[C@@H](COCC)O1. The molecule has 3 atom stereocenters. The highest BCUT2D eigenvalue weighted by molar-refractivity contribution is 6.35. The van der Waals surface area contributed by atoms with Crippen LogP contribution in [0.15, 0.2) is 0 Å². The molecule has 1 aliphatic heterocycles. The fraction of sp³-hybridized carbons (Fsp3) is 1.00. The standard InChI is InChI=1S/C8H16BO3/c1-3-11-5-7-6(10)4-8(9-2)12-7/h6-8,10H,3-5H2,1-2H3/t6?,7-,8-/m1/s1. The van der Waals surface area contributed by atoms with E-state index in [-0.39, 0.29) is 18.2 Å². The molecule has 0 aromatic rings. The Morgan fingerprint density at radius 1 is 1.67 bits per heavy atom. The van der Waals surface area contributed by atoms with Gasteiger partial charge >= 0.3 is 0 Å². The van der Waals surface area contributed by atoms with Crippen molar-refractivity contribution in [3.8, 4) is 0 Å². The molecule has 12 heavy (non-hydrogen) atoms. The first-order valence-corrected chi connectivity index (χ1v) is 4.48. The van der Waals surface area contributed by atoms with E-state index in [9.17, 15) is 5.11 Å². The average molecular weight is 171 g/mol. The van der Waals surface area contributed by atoms with Crippen LogP contribution in [-0.2, 0) is 9.47 Å². The van der Waals surface area contributed by atoms with Crippen molar-refractivity contribution < 1.29 is 14.6 Å². The van der Waals surface area contributed by atoms with Gasteiger partial charge in [0.05, 0.1) is 12.7 Å².